The lowest BCUT2D eigenvalue weighted by Gasteiger charge is -2.27. The average Bonchev–Trinajstić information content (AvgIpc) is 3.55. The van der Waals surface area contributed by atoms with Crippen LogP contribution in [0.3, 0.4) is 0 Å². The van der Waals surface area contributed by atoms with Gasteiger partial charge in [0.2, 0.25) is 5.78 Å². The Morgan fingerprint density at radius 2 is 1.71 bits per heavy atom. The second kappa shape index (κ2) is 12.2. The molecule has 2 heterocycles. The average molecular weight is 556 g/mol. The van der Waals surface area contributed by atoms with Crippen LogP contribution < -0.4 is 14.2 Å². The maximum atomic E-state index is 14.0. The highest BCUT2D eigenvalue weighted by Gasteiger charge is 2.45. The molecule has 212 valence electrons. The van der Waals surface area contributed by atoms with Gasteiger partial charge in [0, 0.05) is 11.9 Å². The number of hydrogen-bond acceptors (Lipinski definition) is 7. The number of aliphatic hydroxyl groups excluding tert-OH is 1. The lowest BCUT2D eigenvalue weighted by molar-refractivity contribution is -0.130. The predicted octanol–water partition coefficient (Wildman–Crippen LogP) is 6.80. The fourth-order valence-corrected chi connectivity index (χ4v) is 5.12. The van der Waals surface area contributed by atoms with Gasteiger partial charge in [-0.05, 0) is 41.8 Å². The number of para-hydroxylation sites is 1. The van der Waals surface area contributed by atoms with Gasteiger partial charge in [-0.2, -0.15) is 0 Å². The SMILES string of the molecule is CCCCCOc1ccc(C2C(C(=O)c3cc4cccc(OC)c4o3)=C(O)C(=O)N2Cc2ccccc2)cc1OC. The maximum Gasteiger partial charge on any atom is 0.290 e. The maximum absolute atomic E-state index is 14.0. The molecule has 1 atom stereocenters. The number of carbonyl (C=O) groups is 2. The molecule has 3 aromatic carbocycles. The van der Waals surface area contributed by atoms with E-state index in [9.17, 15) is 14.7 Å². The fourth-order valence-electron chi connectivity index (χ4n) is 5.12. The lowest BCUT2D eigenvalue weighted by Crippen LogP contribution is -2.30. The highest BCUT2D eigenvalue weighted by molar-refractivity contribution is 6.16. The first-order chi connectivity index (χ1) is 20.0. The first kappa shape index (κ1) is 27.8. The summed E-state index contributed by atoms with van der Waals surface area (Å²) in [4.78, 5) is 29.0. The van der Waals surface area contributed by atoms with Crippen LogP contribution in [-0.4, -0.2) is 42.5 Å². The summed E-state index contributed by atoms with van der Waals surface area (Å²) in [6.07, 6.45) is 3.06. The second-order valence-electron chi connectivity index (χ2n) is 9.87. The van der Waals surface area contributed by atoms with Crippen molar-refractivity contribution >= 4 is 22.7 Å². The minimum absolute atomic E-state index is 0.00625. The van der Waals surface area contributed by atoms with Crippen LogP contribution in [0.5, 0.6) is 17.2 Å². The number of Topliss-reactive ketones (excluding diaryl/α,β-unsaturated/α-hetero) is 1. The van der Waals surface area contributed by atoms with Gasteiger partial charge in [-0.15, -0.1) is 0 Å². The third kappa shape index (κ3) is 5.50. The van der Waals surface area contributed by atoms with Gasteiger partial charge in [0.05, 0.1) is 32.4 Å². The van der Waals surface area contributed by atoms with Crippen molar-refractivity contribution in [2.45, 2.75) is 38.8 Å². The molecule has 0 saturated carbocycles. The third-order valence-electron chi connectivity index (χ3n) is 7.20. The molecule has 0 radical (unpaired) electrons. The minimum atomic E-state index is -0.895. The van der Waals surface area contributed by atoms with Crippen LogP contribution >= 0.6 is 0 Å². The summed E-state index contributed by atoms with van der Waals surface area (Å²) in [5.41, 5.74) is 1.78. The topological polar surface area (TPSA) is 98.4 Å². The number of unbranched alkanes of at least 4 members (excludes halogenated alkanes) is 2. The molecule has 0 bridgehead atoms. The molecule has 5 rings (SSSR count). The van der Waals surface area contributed by atoms with Gasteiger partial charge in [-0.25, -0.2) is 0 Å². The van der Waals surface area contributed by atoms with Gasteiger partial charge in [-0.1, -0.05) is 68.3 Å². The number of hydrogen-bond donors (Lipinski definition) is 1. The third-order valence-corrected chi connectivity index (χ3v) is 7.20. The Balaban J connectivity index is 1.56. The first-order valence-electron chi connectivity index (χ1n) is 13.7. The van der Waals surface area contributed by atoms with Gasteiger partial charge in [0.25, 0.3) is 5.91 Å². The van der Waals surface area contributed by atoms with E-state index in [1.165, 1.54) is 12.0 Å². The van der Waals surface area contributed by atoms with Crippen molar-refractivity contribution in [1.82, 2.24) is 4.90 Å². The van der Waals surface area contributed by atoms with E-state index in [1.807, 2.05) is 30.3 Å². The zero-order valence-corrected chi connectivity index (χ0v) is 23.4. The summed E-state index contributed by atoms with van der Waals surface area (Å²) < 4.78 is 22.9. The molecule has 1 N–H and O–H groups in total. The smallest absolute Gasteiger partial charge is 0.290 e. The zero-order chi connectivity index (χ0) is 28.9. The summed E-state index contributed by atoms with van der Waals surface area (Å²) in [6.45, 7) is 2.85. The monoisotopic (exact) mass is 555 g/mol. The van der Waals surface area contributed by atoms with Crippen molar-refractivity contribution in [1.29, 1.82) is 0 Å². The lowest BCUT2D eigenvalue weighted by atomic mass is 9.94. The van der Waals surface area contributed by atoms with Crippen molar-refractivity contribution in [3.8, 4) is 17.2 Å². The number of fused-ring (bicyclic) bond motifs is 1. The van der Waals surface area contributed by atoms with E-state index in [0.29, 0.717) is 40.4 Å². The summed E-state index contributed by atoms with van der Waals surface area (Å²) in [6, 6.07) is 20.8. The number of carbonyl (C=O) groups excluding carboxylic acids is 2. The van der Waals surface area contributed by atoms with Crippen LogP contribution in [0.15, 0.2) is 88.5 Å². The molecule has 0 fully saturated rings. The molecule has 1 aliphatic rings. The summed E-state index contributed by atoms with van der Waals surface area (Å²) in [7, 11) is 3.06. The van der Waals surface area contributed by atoms with Crippen molar-refractivity contribution in [3.05, 3.63) is 101 Å². The van der Waals surface area contributed by atoms with Crippen LogP contribution in [-0.2, 0) is 11.3 Å². The Hall–Kier alpha value is -4.72. The standard InChI is InChI=1S/C33H33NO7/c1-4-5-9-17-40-24-16-15-22(18-26(24)39-3)29-28(31(36)33(37)34(29)20-21-11-7-6-8-12-21)30(35)27-19-23-13-10-14-25(38-2)32(23)41-27/h6-8,10-16,18-19,29,36H,4-5,9,17,20H2,1-3H3. The number of methoxy groups -OCH3 is 2. The molecule has 0 aliphatic carbocycles. The van der Waals surface area contributed by atoms with Crippen LogP contribution in [0.1, 0.15) is 53.9 Å². The molecule has 1 amide bonds. The number of aliphatic hydroxyl groups is 1. The van der Waals surface area contributed by atoms with E-state index in [4.69, 9.17) is 18.6 Å². The molecule has 41 heavy (non-hydrogen) atoms. The van der Waals surface area contributed by atoms with Gasteiger partial charge in [0.15, 0.2) is 34.4 Å². The molecule has 1 unspecified atom stereocenters. The van der Waals surface area contributed by atoms with E-state index in [0.717, 1.165) is 24.8 Å². The van der Waals surface area contributed by atoms with Gasteiger partial charge >= 0.3 is 0 Å². The molecule has 8 nitrogen and oxygen atoms in total. The zero-order valence-electron chi connectivity index (χ0n) is 23.4. The normalized spacial score (nSPS) is 15.0. The van der Waals surface area contributed by atoms with Gasteiger partial charge < -0.3 is 28.6 Å². The van der Waals surface area contributed by atoms with Gasteiger partial charge in [-0.3, -0.25) is 9.59 Å². The first-order valence-corrected chi connectivity index (χ1v) is 13.7. The number of ketones is 1. The van der Waals surface area contributed by atoms with E-state index < -0.39 is 23.5 Å². The highest BCUT2D eigenvalue weighted by Crippen LogP contribution is 2.43. The number of ether oxygens (including phenoxy) is 3. The molecule has 0 saturated heterocycles. The molecular weight excluding hydrogens is 522 g/mol. The number of rotatable bonds is 12. The van der Waals surface area contributed by atoms with Gasteiger partial charge in [0.1, 0.15) is 0 Å². The summed E-state index contributed by atoms with van der Waals surface area (Å²) in [5.74, 6) is -0.336. The number of furan rings is 1. The molecular formula is C33H33NO7. The van der Waals surface area contributed by atoms with E-state index in [2.05, 4.69) is 6.92 Å². The van der Waals surface area contributed by atoms with Crippen molar-refractivity contribution in [3.63, 3.8) is 0 Å². The van der Waals surface area contributed by atoms with Crippen molar-refractivity contribution < 1.29 is 33.3 Å². The molecule has 0 spiro atoms. The molecule has 1 aliphatic heterocycles. The number of amides is 1. The van der Waals surface area contributed by atoms with Crippen LogP contribution in [0.25, 0.3) is 11.0 Å². The predicted molar refractivity (Wildman–Crippen MR) is 154 cm³/mol. The van der Waals surface area contributed by atoms with Crippen LogP contribution in [0.2, 0.25) is 0 Å². The Kier molecular flexibility index (Phi) is 8.29. The highest BCUT2D eigenvalue weighted by atomic mass is 16.5. The summed E-state index contributed by atoms with van der Waals surface area (Å²) in [5, 5.41) is 11.8. The van der Waals surface area contributed by atoms with Crippen LogP contribution in [0, 0.1) is 0 Å². The van der Waals surface area contributed by atoms with Crippen molar-refractivity contribution in [2.24, 2.45) is 0 Å². The minimum Gasteiger partial charge on any atom is -0.503 e. The molecule has 8 heteroatoms. The quantitative estimate of drug-likeness (QED) is 0.152. The Bertz CT molecular complexity index is 1590. The van der Waals surface area contributed by atoms with Crippen molar-refractivity contribution in [2.75, 3.05) is 20.8 Å². The number of benzene rings is 3. The second-order valence-corrected chi connectivity index (χ2v) is 9.87. The molecule has 1 aromatic heterocycles. The Morgan fingerprint density at radius 1 is 0.927 bits per heavy atom. The number of nitrogens with zero attached hydrogens (tertiary/aromatic N) is 1. The van der Waals surface area contributed by atoms with E-state index >= 15 is 0 Å². The van der Waals surface area contributed by atoms with Crippen LogP contribution in [0.4, 0.5) is 0 Å². The summed E-state index contributed by atoms with van der Waals surface area (Å²) >= 11 is 0. The van der Waals surface area contributed by atoms with E-state index in [-0.39, 0.29) is 17.9 Å². The van der Waals surface area contributed by atoms with E-state index in [1.54, 1.807) is 49.6 Å². The fraction of sp³-hybridized carbons (Fsp3) is 0.273. The Morgan fingerprint density at radius 3 is 2.44 bits per heavy atom. The molecule has 4 aromatic rings. The Labute approximate surface area is 238 Å². The largest absolute Gasteiger partial charge is 0.503 e.